The van der Waals surface area contributed by atoms with Crippen molar-refractivity contribution in [3.63, 3.8) is 0 Å². The molecule has 4 aromatic rings. The Balaban J connectivity index is 1.62. The lowest BCUT2D eigenvalue weighted by Crippen LogP contribution is -2.28. The number of fused-ring (bicyclic) bond motifs is 2. The van der Waals surface area contributed by atoms with Gasteiger partial charge in [0.15, 0.2) is 0 Å². The minimum atomic E-state index is -0.351. The minimum absolute atomic E-state index is 0.0147. The number of hydrogen-bond acceptors (Lipinski definition) is 4. The van der Waals surface area contributed by atoms with Crippen LogP contribution in [0, 0.1) is 0 Å². The van der Waals surface area contributed by atoms with Crippen LogP contribution in [0.2, 0.25) is 5.02 Å². The minimum Gasteiger partial charge on any atom is -0.379 e. The molecule has 1 aromatic carbocycles. The Bertz CT molecular complexity index is 1290. The molecular formula is C22H23ClFN5O2. The molecule has 1 saturated heterocycles. The maximum atomic E-state index is 13.5. The molecular weight excluding hydrogens is 421 g/mol. The lowest BCUT2D eigenvalue weighted by molar-refractivity contribution is 0.186. The summed E-state index contributed by atoms with van der Waals surface area (Å²) in [6.07, 6.45) is 5.40. The largest absolute Gasteiger partial charge is 0.379 e. The monoisotopic (exact) mass is 443 g/mol. The molecule has 0 saturated carbocycles. The Kier molecular flexibility index (Phi) is 5.50. The summed E-state index contributed by atoms with van der Waals surface area (Å²) < 4.78 is 23.8. The molecule has 3 aromatic heterocycles. The highest BCUT2D eigenvalue weighted by Crippen LogP contribution is 2.25. The van der Waals surface area contributed by atoms with Gasteiger partial charge in [-0.2, -0.15) is 0 Å². The van der Waals surface area contributed by atoms with Crippen molar-refractivity contribution in [2.45, 2.75) is 38.4 Å². The first-order valence-corrected chi connectivity index (χ1v) is 10.9. The van der Waals surface area contributed by atoms with Crippen molar-refractivity contribution in [2.75, 3.05) is 19.9 Å². The smallest absolute Gasteiger partial charge is 0.329 e. The Hall–Kier alpha value is -2.71. The number of unbranched alkanes of at least 4 members (excludes halogenated alkanes) is 1. The maximum absolute atomic E-state index is 13.5. The average molecular weight is 444 g/mol. The molecule has 1 aliphatic rings. The third-order valence-electron chi connectivity index (χ3n) is 5.89. The predicted octanol–water partition coefficient (Wildman–Crippen LogP) is 3.96. The number of alkyl halides is 1. The quantitative estimate of drug-likeness (QED) is 0.405. The number of aryl methyl sites for hydroxylation is 1. The molecule has 31 heavy (non-hydrogen) atoms. The molecule has 1 unspecified atom stereocenters. The molecule has 0 radical (unpaired) electrons. The third kappa shape index (κ3) is 3.64. The van der Waals surface area contributed by atoms with Crippen molar-refractivity contribution in [1.82, 2.24) is 23.7 Å². The van der Waals surface area contributed by atoms with Gasteiger partial charge in [0, 0.05) is 24.4 Å². The van der Waals surface area contributed by atoms with Crippen molar-refractivity contribution in [1.29, 1.82) is 0 Å². The molecule has 0 spiro atoms. The molecule has 4 heterocycles. The van der Waals surface area contributed by atoms with Crippen LogP contribution in [-0.4, -0.2) is 43.6 Å². The zero-order valence-corrected chi connectivity index (χ0v) is 17.8. The molecule has 1 atom stereocenters. The second-order valence-corrected chi connectivity index (χ2v) is 8.27. The number of imidazole rings is 2. The van der Waals surface area contributed by atoms with E-state index < -0.39 is 0 Å². The fraction of sp³-hybridized carbons (Fsp3) is 0.409. The topological polar surface area (TPSA) is 66.9 Å². The van der Waals surface area contributed by atoms with Gasteiger partial charge < -0.3 is 9.30 Å². The van der Waals surface area contributed by atoms with Gasteiger partial charge in [-0.15, -0.1) is 0 Å². The van der Waals surface area contributed by atoms with Gasteiger partial charge in [0.2, 0.25) is 0 Å². The number of ether oxygens (including phenoxy) is 1. The van der Waals surface area contributed by atoms with Crippen molar-refractivity contribution in [3.8, 4) is 0 Å². The summed E-state index contributed by atoms with van der Waals surface area (Å²) in [6.45, 7) is 1.75. The normalized spacial score (nSPS) is 16.6. The van der Waals surface area contributed by atoms with Crippen molar-refractivity contribution in [2.24, 2.45) is 0 Å². The van der Waals surface area contributed by atoms with Gasteiger partial charge >= 0.3 is 5.69 Å². The second kappa shape index (κ2) is 8.43. The number of pyridine rings is 1. The van der Waals surface area contributed by atoms with E-state index >= 15 is 0 Å². The van der Waals surface area contributed by atoms with Crippen LogP contribution in [0.4, 0.5) is 4.39 Å². The van der Waals surface area contributed by atoms with Crippen molar-refractivity contribution in [3.05, 3.63) is 58.0 Å². The van der Waals surface area contributed by atoms with Crippen LogP contribution in [0.3, 0.4) is 0 Å². The summed E-state index contributed by atoms with van der Waals surface area (Å²) in [5.41, 5.74) is 3.21. The lowest BCUT2D eigenvalue weighted by atomic mass is 10.2. The molecule has 1 fully saturated rings. The summed E-state index contributed by atoms with van der Waals surface area (Å²) in [5, 5.41) is 0.603. The van der Waals surface area contributed by atoms with Crippen LogP contribution in [-0.2, 0) is 17.8 Å². The fourth-order valence-corrected chi connectivity index (χ4v) is 4.55. The molecule has 7 nitrogen and oxygen atoms in total. The summed E-state index contributed by atoms with van der Waals surface area (Å²) >= 11 is 6.17. The SMILES string of the molecule is O=c1n(Cc2nc3cc(Cl)ccc3n2CCCCF)c2cnccc2n1C1CCOC1. The van der Waals surface area contributed by atoms with Crippen LogP contribution >= 0.6 is 11.6 Å². The number of rotatable bonds is 7. The Morgan fingerprint density at radius 1 is 1.16 bits per heavy atom. The van der Waals surface area contributed by atoms with E-state index in [0.29, 0.717) is 44.2 Å². The molecule has 162 valence electrons. The Labute approximate surface area is 183 Å². The van der Waals surface area contributed by atoms with E-state index in [4.69, 9.17) is 21.3 Å². The van der Waals surface area contributed by atoms with Gasteiger partial charge in [0.05, 0.1) is 54.1 Å². The number of nitrogens with zero attached hydrogens (tertiary/aromatic N) is 5. The fourth-order valence-electron chi connectivity index (χ4n) is 4.39. The molecule has 0 bridgehead atoms. The van der Waals surface area contributed by atoms with E-state index in [1.165, 1.54) is 0 Å². The summed E-state index contributed by atoms with van der Waals surface area (Å²) in [4.78, 5) is 22.5. The summed E-state index contributed by atoms with van der Waals surface area (Å²) in [6, 6.07) is 7.45. The van der Waals surface area contributed by atoms with E-state index in [9.17, 15) is 9.18 Å². The van der Waals surface area contributed by atoms with E-state index in [1.807, 2.05) is 28.8 Å². The maximum Gasteiger partial charge on any atom is 0.329 e. The van der Waals surface area contributed by atoms with Crippen LogP contribution in [0.5, 0.6) is 0 Å². The van der Waals surface area contributed by atoms with E-state index in [-0.39, 0.29) is 18.4 Å². The summed E-state index contributed by atoms with van der Waals surface area (Å²) in [5.74, 6) is 0.740. The van der Waals surface area contributed by atoms with Gasteiger partial charge in [0.1, 0.15) is 5.82 Å². The number of benzene rings is 1. The zero-order valence-electron chi connectivity index (χ0n) is 17.0. The van der Waals surface area contributed by atoms with Gasteiger partial charge in [0.25, 0.3) is 0 Å². The summed E-state index contributed by atoms with van der Waals surface area (Å²) in [7, 11) is 0. The molecule has 5 rings (SSSR count). The van der Waals surface area contributed by atoms with Crippen molar-refractivity contribution >= 4 is 33.7 Å². The number of hydrogen-bond donors (Lipinski definition) is 0. The molecule has 1 aliphatic heterocycles. The first-order chi connectivity index (χ1) is 15.2. The van der Waals surface area contributed by atoms with Crippen LogP contribution in [0.15, 0.2) is 41.5 Å². The highest BCUT2D eigenvalue weighted by atomic mass is 35.5. The average Bonchev–Trinajstić information content (AvgIpc) is 3.46. The Morgan fingerprint density at radius 3 is 2.87 bits per heavy atom. The number of aromatic nitrogens is 5. The molecule has 0 amide bonds. The van der Waals surface area contributed by atoms with Gasteiger partial charge in [-0.1, -0.05) is 11.6 Å². The lowest BCUT2D eigenvalue weighted by Gasteiger charge is -2.10. The highest BCUT2D eigenvalue weighted by Gasteiger charge is 2.25. The molecule has 0 aliphatic carbocycles. The van der Waals surface area contributed by atoms with Gasteiger partial charge in [-0.05, 0) is 43.5 Å². The first-order valence-electron chi connectivity index (χ1n) is 10.5. The zero-order chi connectivity index (χ0) is 21.4. The number of halogens is 2. The van der Waals surface area contributed by atoms with Crippen LogP contribution in [0.25, 0.3) is 22.1 Å². The standard InChI is InChI=1S/C22H23ClFN5O2/c23-15-3-4-18-17(11-15)26-21(27(18)9-2-1-7-24)13-28-20-12-25-8-5-19(20)29(22(28)30)16-6-10-31-14-16/h3-5,8,11-12,16H,1-2,6-7,9-10,13-14H2. The Morgan fingerprint density at radius 2 is 2.06 bits per heavy atom. The van der Waals surface area contributed by atoms with Gasteiger partial charge in [-0.3, -0.25) is 18.5 Å². The van der Waals surface area contributed by atoms with E-state index in [2.05, 4.69) is 9.55 Å². The highest BCUT2D eigenvalue weighted by molar-refractivity contribution is 6.31. The third-order valence-corrected chi connectivity index (χ3v) is 6.13. The predicted molar refractivity (Wildman–Crippen MR) is 118 cm³/mol. The van der Waals surface area contributed by atoms with E-state index in [1.54, 1.807) is 17.0 Å². The van der Waals surface area contributed by atoms with E-state index in [0.717, 1.165) is 34.3 Å². The second-order valence-electron chi connectivity index (χ2n) is 7.83. The van der Waals surface area contributed by atoms with Crippen LogP contribution in [0.1, 0.15) is 31.1 Å². The van der Waals surface area contributed by atoms with Crippen LogP contribution < -0.4 is 5.69 Å². The first kappa shape index (κ1) is 20.2. The van der Waals surface area contributed by atoms with Gasteiger partial charge in [-0.25, -0.2) is 9.78 Å². The molecule has 9 heteroatoms. The van der Waals surface area contributed by atoms with Crippen molar-refractivity contribution < 1.29 is 9.13 Å². The molecule has 0 N–H and O–H groups in total.